The normalized spacial score (nSPS) is 20.6. The van der Waals surface area contributed by atoms with E-state index in [9.17, 15) is 4.39 Å². The molecule has 0 bridgehead atoms. The molecular formula is C15H23FIN3S. The molecule has 118 valence electrons. The van der Waals surface area contributed by atoms with Gasteiger partial charge in [-0.2, -0.15) is 11.8 Å². The van der Waals surface area contributed by atoms with Gasteiger partial charge in [-0.05, 0) is 31.2 Å². The number of nitrogens with one attached hydrogen (secondary N) is 2. The van der Waals surface area contributed by atoms with E-state index in [4.69, 9.17) is 0 Å². The van der Waals surface area contributed by atoms with E-state index in [1.165, 1.54) is 6.07 Å². The first-order valence-electron chi connectivity index (χ1n) is 7.04. The highest BCUT2D eigenvalue weighted by molar-refractivity contribution is 14.0. The lowest BCUT2D eigenvalue weighted by molar-refractivity contribution is 0.608. The molecule has 21 heavy (non-hydrogen) atoms. The average molecular weight is 423 g/mol. The van der Waals surface area contributed by atoms with Gasteiger partial charge in [-0.3, -0.25) is 4.99 Å². The summed E-state index contributed by atoms with van der Waals surface area (Å²) in [5, 5.41) is 6.62. The van der Waals surface area contributed by atoms with Crippen LogP contribution in [-0.4, -0.2) is 37.1 Å². The van der Waals surface area contributed by atoms with E-state index in [1.54, 1.807) is 17.8 Å². The van der Waals surface area contributed by atoms with Crippen LogP contribution in [-0.2, 0) is 0 Å². The second kappa shape index (κ2) is 9.50. The topological polar surface area (TPSA) is 36.4 Å². The number of aliphatic imine (C=N–C) groups is 1. The van der Waals surface area contributed by atoms with E-state index in [0.717, 1.165) is 36.8 Å². The van der Waals surface area contributed by atoms with Crippen LogP contribution in [0, 0.1) is 5.82 Å². The van der Waals surface area contributed by atoms with Crippen molar-refractivity contribution in [2.75, 3.05) is 25.1 Å². The maximum Gasteiger partial charge on any atom is 0.191 e. The van der Waals surface area contributed by atoms with Crippen LogP contribution in [0.1, 0.15) is 24.8 Å². The average Bonchev–Trinajstić information content (AvgIpc) is 3.19. The van der Waals surface area contributed by atoms with Crippen LogP contribution in [0.5, 0.6) is 0 Å². The Morgan fingerprint density at radius 3 is 2.86 bits per heavy atom. The number of thioether (sulfide) groups is 1. The van der Waals surface area contributed by atoms with Crippen LogP contribution < -0.4 is 10.6 Å². The lowest BCUT2D eigenvalue weighted by Crippen LogP contribution is -2.39. The summed E-state index contributed by atoms with van der Waals surface area (Å²) in [5.41, 5.74) is 0.810. The third-order valence-corrected chi connectivity index (χ3v) is 3.92. The molecule has 3 nitrogen and oxygen atoms in total. The fraction of sp³-hybridized carbons (Fsp3) is 0.533. The molecule has 1 saturated carbocycles. The summed E-state index contributed by atoms with van der Waals surface area (Å²) in [4.78, 5) is 4.51. The number of hydrogen-bond acceptors (Lipinski definition) is 2. The smallest absolute Gasteiger partial charge is 0.191 e. The number of benzene rings is 1. The van der Waals surface area contributed by atoms with Crippen molar-refractivity contribution in [2.24, 2.45) is 4.99 Å². The molecule has 1 aliphatic carbocycles. The third-order valence-electron chi connectivity index (χ3n) is 3.33. The Morgan fingerprint density at radius 2 is 2.19 bits per heavy atom. The van der Waals surface area contributed by atoms with E-state index in [-0.39, 0.29) is 35.7 Å². The molecule has 0 aliphatic heterocycles. The summed E-state index contributed by atoms with van der Waals surface area (Å²) < 4.78 is 13.7. The van der Waals surface area contributed by atoms with Gasteiger partial charge >= 0.3 is 0 Å². The predicted octanol–water partition coefficient (Wildman–Crippen LogP) is 3.22. The van der Waals surface area contributed by atoms with Gasteiger partial charge in [0.25, 0.3) is 0 Å². The number of guanidine groups is 1. The molecule has 1 fully saturated rings. The molecule has 2 atom stereocenters. The third kappa shape index (κ3) is 5.65. The van der Waals surface area contributed by atoms with Crippen molar-refractivity contribution in [3.63, 3.8) is 0 Å². The summed E-state index contributed by atoms with van der Waals surface area (Å²) in [6.07, 6.45) is 3.04. The van der Waals surface area contributed by atoms with Gasteiger partial charge in [-0.1, -0.05) is 18.2 Å². The second-order valence-corrected chi connectivity index (χ2v) is 5.85. The Balaban J connectivity index is 0.00000220. The molecule has 0 spiro atoms. The number of nitrogens with zero attached hydrogens (tertiary/aromatic N) is 1. The maximum atomic E-state index is 13.7. The van der Waals surface area contributed by atoms with Crippen LogP contribution in [0.2, 0.25) is 0 Å². The number of hydrogen-bond donors (Lipinski definition) is 2. The maximum absolute atomic E-state index is 13.7. The standard InChI is InChI=1S/C15H22FN3S.HI/c1-3-17-15(18-8-9-20-2)19-14-10-12(14)11-6-4-5-7-13(11)16;/h4-7,12,14H,3,8-10H2,1-2H3,(H2,17,18,19);1H. The SMILES string of the molecule is CCNC(=NCCSC)NC1CC1c1ccccc1F.I. The van der Waals surface area contributed by atoms with Crippen LogP contribution in [0.3, 0.4) is 0 Å². The highest BCUT2D eigenvalue weighted by atomic mass is 127. The molecule has 1 aromatic carbocycles. The molecule has 0 aromatic heterocycles. The van der Waals surface area contributed by atoms with E-state index >= 15 is 0 Å². The first-order valence-corrected chi connectivity index (χ1v) is 8.43. The van der Waals surface area contributed by atoms with E-state index in [1.807, 2.05) is 19.1 Å². The second-order valence-electron chi connectivity index (χ2n) is 4.87. The van der Waals surface area contributed by atoms with E-state index < -0.39 is 0 Å². The van der Waals surface area contributed by atoms with Crippen molar-refractivity contribution < 1.29 is 4.39 Å². The number of rotatable bonds is 6. The summed E-state index contributed by atoms with van der Waals surface area (Å²) in [5.74, 6) is 2.01. The molecule has 2 rings (SSSR count). The monoisotopic (exact) mass is 423 g/mol. The van der Waals surface area contributed by atoms with Gasteiger partial charge in [0.1, 0.15) is 5.82 Å². The fourth-order valence-corrected chi connectivity index (χ4v) is 2.49. The molecule has 1 aromatic rings. The molecule has 0 radical (unpaired) electrons. The minimum atomic E-state index is -0.105. The van der Waals surface area contributed by atoms with Crippen LogP contribution in [0.4, 0.5) is 4.39 Å². The molecule has 6 heteroatoms. The van der Waals surface area contributed by atoms with Gasteiger partial charge in [0.05, 0.1) is 6.54 Å². The molecule has 0 saturated heterocycles. The molecule has 2 unspecified atom stereocenters. The number of halogens is 2. The predicted molar refractivity (Wildman–Crippen MR) is 100 cm³/mol. The van der Waals surface area contributed by atoms with Gasteiger partial charge in [0.15, 0.2) is 5.96 Å². The van der Waals surface area contributed by atoms with E-state index in [0.29, 0.717) is 6.04 Å². The Bertz CT molecular complexity index is 470. The summed E-state index contributed by atoms with van der Waals surface area (Å²) in [6, 6.07) is 7.32. The molecule has 1 aliphatic rings. The summed E-state index contributed by atoms with van der Waals surface area (Å²) >= 11 is 1.78. The van der Waals surface area contributed by atoms with E-state index in [2.05, 4.69) is 21.9 Å². The van der Waals surface area contributed by atoms with Gasteiger partial charge in [0.2, 0.25) is 0 Å². The largest absolute Gasteiger partial charge is 0.357 e. The van der Waals surface area contributed by atoms with Gasteiger partial charge < -0.3 is 10.6 Å². The zero-order valence-corrected chi connectivity index (χ0v) is 15.6. The van der Waals surface area contributed by atoms with Crippen molar-refractivity contribution in [1.29, 1.82) is 0 Å². The van der Waals surface area contributed by atoms with Crippen molar-refractivity contribution in [1.82, 2.24) is 10.6 Å². The minimum Gasteiger partial charge on any atom is -0.357 e. The zero-order chi connectivity index (χ0) is 14.4. The van der Waals surface area contributed by atoms with Gasteiger partial charge in [-0.15, -0.1) is 24.0 Å². The molecular weight excluding hydrogens is 400 g/mol. The lowest BCUT2D eigenvalue weighted by atomic mass is 10.1. The Morgan fingerprint density at radius 1 is 1.43 bits per heavy atom. The summed E-state index contributed by atoms with van der Waals surface area (Å²) in [6.45, 7) is 3.68. The summed E-state index contributed by atoms with van der Waals surface area (Å²) in [7, 11) is 0. The first-order chi connectivity index (χ1) is 9.76. The molecule has 0 amide bonds. The van der Waals surface area contributed by atoms with Crippen molar-refractivity contribution in [2.45, 2.75) is 25.3 Å². The van der Waals surface area contributed by atoms with Crippen LogP contribution in [0.25, 0.3) is 0 Å². The van der Waals surface area contributed by atoms with Gasteiger partial charge in [-0.25, -0.2) is 4.39 Å². The highest BCUT2D eigenvalue weighted by Crippen LogP contribution is 2.41. The molecule has 0 heterocycles. The van der Waals surface area contributed by atoms with Crippen molar-refractivity contribution >= 4 is 41.7 Å². The quantitative estimate of drug-likeness (QED) is 0.319. The zero-order valence-electron chi connectivity index (χ0n) is 12.4. The van der Waals surface area contributed by atoms with Crippen molar-refractivity contribution in [3.05, 3.63) is 35.6 Å². The Hall–Kier alpha value is -0.500. The first kappa shape index (κ1) is 18.5. The Kier molecular flexibility index (Phi) is 8.39. The van der Waals surface area contributed by atoms with Crippen LogP contribution in [0.15, 0.2) is 29.3 Å². The minimum absolute atomic E-state index is 0. The molecule has 2 N–H and O–H groups in total. The van der Waals surface area contributed by atoms with Gasteiger partial charge in [0, 0.05) is 24.3 Å². The lowest BCUT2D eigenvalue weighted by Gasteiger charge is -2.11. The fourth-order valence-electron chi connectivity index (χ4n) is 2.22. The van der Waals surface area contributed by atoms with Crippen molar-refractivity contribution in [3.8, 4) is 0 Å². The van der Waals surface area contributed by atoms with Crippen LogP contribution >= 0.6 is 35.7 Å². The highest BCUT2D eigenvalue weighted by Gasteiger charge is 2.40. The Labute approximate surface area is 147 Å².